The number of halogens is 1. The summed E-state index contributed by atoms with van der Waals surface area (Å²) in [6, 6.07) is 8.99. The molecule has 0 radical (unpaired) electrons. The van der Waals surface area contributed by atoms with Gasteiger partial charge >= 0.3 is 0 Å². The fourth-order valence-electron chi connectivity index (χ4n) is 2.63. The first-order valence-corrected chi connectivity index (χ1v) is 8.28. The minimum atomic E-state index is -0.850. The lowest BCUT2D eigenvalue weighted by atomic mass is 10.1. The lowest BCUT2D eigenvalue weighted by Gasteiger charge is -2.14. The Hall–Kier alpha value is -3.07. The van der Waals surface area contributed by atoms with Crippen LogP contribution in [-0.4, -0.2) is 34.1 Å². The van der Waals surface area contributed by atoms with Crippen LogP contribution < -0.4 is 5.32 Å². The fraction of sp³-hybridized carbons (Fsp3) is 0.118. The second kappa shape index (κ2) is 6.68. The van der Waals surface area contributed by atoms with Gasteiger partial charge in [0.2, 0.25) is 5.91 Å². The summed E-state index contributed by atoms with van der Waals surface area (Å²) in [6.45, 7) is 1.36. The molecule has 2 aromatic rings. The van der Waals surface area contributed by atoms with Crippen molar-refractivity contribution in [3.63, 3.8) is 0 Å². The largest absolute Gasteiger partial charge is 0.324 e. The number of fused-ring (bicyclic) bond motifs is 1. The molecule has 1 aliphatic heterocycles. The van der Waals surface area contributed by atoms with Gasteiger partial charge in [-0.05, 0) is 30.7 Å². The molecule has 1 heterocycles. The van der Waals surface area contributed by atoms with E-state index in [0.717, 1.165) is 16.1 Å². The molecule has 0 saturated carbocycles. The number of hydrogen-bond donors (Lipinski definition) is 1. The molecule has 0 aliphatic carbocycles. The Morgan fingerprint density at radius 2 is 1.96 bits per heavy atom. The average molecular weight is 418 g/mol. The lowest BCUT2D eigenvalue weighted by Crippen LogP contribution is -2.37. The maximum atomic E-state index is 12.4. The average Bonchev–Trinajstić information content (AvgIpc) is 2.83. The Morgan fingerprint density at radius 3 is 2.62 bits per heavy atom. The quantitative estimate of drug-likeness (QED) is 0.467. The number of benzene rings is 2. The number of aryl methyl sites for hydroxylation is 1. The van der Waals surface area contributed by atoms with Crippen LogP contribution in [0.3, 0.4) is 0 Å². The molecule has 0 bridgehead atoms. The molecule has 0 atom stereocenters. The SMILES string of the molecule is Cc1ccc(NC(=O)CN2C(=O)c3cccc([N+](=O)[O-])c3C2=O)cc1Br. The molecular weight excluding hydrogens is 406 g/mol. The number of rotatable bonds is 4. The summed E-state index contributed by atoms with van der Waals surface area (Å²) in [5.74, 6) is -2.16. The predicted molar refractivity (Wildman–Crippen MR) is 96.0 cm³/mol. The molecular formula is C17H12BrN3O5. The zero-order chi connectivity index (χ0) is 19.0. The van der Waals surface area contributed by atoms with Gasteiger partial charge in [-0.15, -0.1) is 0 Å². The van der Waals surface area contributed by atoms with Gasteiger partial charge in [0.25, 0.3) is 17.5 Å². The van der Waals surface area contributed by atoms with Crippen LogP contribution >= 0.6 is 15.9 Å². The number of nitro groups is 1. The summed E-state index contributed by atoms with van der Waals surface area (Å²) in [5.41, 5.74) is 0.667. The van der Waals surface area contributed by atoms with E-state index in [0.29, 0.717) is 10.6 Å². The van der Waals surface area contributed by atoms with E-state index in [2.05, 4.69) is 21.2 Å². The highest BCUT2D eigenvalue weighted by Crippen LogP contribution is 2.30. The molecule has 0 aromatic heterocycles. The first kappa shape index (κ1) is 17.7. The van der Waals surface area contributed by atoms with Crippen LogP contribution in [0, 0.1) is 17.0 Å². The highest BCUT2D eigenvalue weighted by molar-refractivity contribution is 9.10. The molecule has 3 amide bonds. The third-order valence-corrected chi connectivity index (χ3v) is 4.79. The Morgan fingerprint density at radius 1 is 1.23 bits per heavy atom. The van der Waals surface area contributed by atoms with Crippen LogP contribution in [-0.2, 0) is 4.79 Å². The number of hydrogen-bond acceptors (Lipinski definition) is 5. The molecule has 0 saturated heterocycles. The van der Waals surface area contributed by atoms with Gasteiger partial charge in [-0.2, -0.15) is 0 Å². The van der Waals surface area contributed by atoms with Crippen molar-refractivity contribution in [3.05, 3.63) is 67.7 Å². The highest BCUT2D eigenvalue weighted by Gasteiger charge is 2.41. The van der Waals surface area contributed by atoms with Gasteiger partial charge < -0.3 is 5.32 Å². The lowest BCUT2D eigenvalue weighted by molar-refractivity contribution is -0.385. The minimum Gasteiger partial charge on any atom is -0.324 e. The normalized spacial score (nSPS) is 12.9. The number of carbonyl (C=O) groups is 3. The van der Waals surface area contributed by atoms with Crippen LogP contribution in [0.25, 0.3) is 0 Å². The van der Waals surface area contributed by atoms with Crippen molar-refractivity contribution in [3.8, 4) is 0 Å². The number of nitrogens with zero attached hydrogens (tertiary/aromatic N) is 2. The predicted octanol–water partition coefficient (Wildman–Crippen LogP) is 2.90. The van der Waals surface area contributed by atoms with Gasteiger partial charge in [0.05, 0.1) is 10.5 Å². The molecule has 3 rings (SSSR count). The molecule has 0 spiro atoms. The second-order valence-corrected chi connectivity index (χ2v) is 6.52. The molecule has 0 fully saturated rings. The van der Waals surface area contributed by atoms with E-state index < -0.39 is 34.9 Å². The van der Waals surface area contributed by atoms with Crippen molar-refractivity contribution < 1.29 is 19.3 Å². The second-order valence-electron chi connectivity index (χ2n) is 5.67. The van der Waals surface area contributed by atoms with E-state index in [1.807, 2.05) is 6.92 Å². The van der Waals surface area contributed by atoms with Crippen LogP contribution in [0.4, 0.5) is 11.4 Å². The van der Waals surface area contributed by atoms with Crippen LogP contribution in [0.5, 0.6) is 0 Å². The van der Waals surface area contributed by atoms with Gasteiger partial charge in [0.15, 0.2) is 0 Å². The standard InChI is InChI=1S/C17H12BrN3O5/c1-9-5-6-10(7-12(9)18)19-14(22)8-20-16(23)11-3-2-4-13(21(25)26)15(11)17(20)24/h2-7H,8H2,1H3,(H,19,22). The number of carbonyl (C=O) groups excluding carboxylic acids is 3. The van der Waals surface area contributed by atoms with Crippen LogP contribution in [0.2, 0.25) is 0 Å². The number of imide groups is 1. The monoisotopic (exact) mass is 417 g/mol. The molecule has 26 heavy (non-hydrogen) atoms. The van der Waals surface area contributed by atoms with E-state index >= 15 is 0 Å². The summed E-state index contributed by atoms with van der Waals surface area (Å²) in [7, 11) is 0. The van der Waals surface area contributed by atoms with Crippen LogP contribution in [0.1, 0.15) is 26.3 Å². The first-order valence-electron chi connectivity index (χ1n) is 7.49. The molecule has 1 N–H and O–H groups in total. The minimum absolute atomic E-state index is 0.0740. The third kappa shape index (κ3) is 3.08. The van der Waals surface area contributed by atoms with Crippen LogP contribution in [0.15, 0.2) is 40.9 Å². The summed E-state index contributed by atoms with van der Waals surface area (Å²) in [4.78, 5) is 48.1. The molecule has 9 heteroatoms. The van der Waals surface area contributed by atoms with E-state index in [1.54, 1.807) is 18.2 Å². The summed E-state index contributed by atoms with van der Waals surface area (Å²) in [5, 5.41) is 13.7. The third-order valence-electron chi connectivity index (χ3n) is 3.93. The van der Waals surface area contributed by atoms with Gasteiger partial charge in [0, 0.05) is 16.2 Å². The van der Waals surface area contributed by atoms with Crippen molar-refractivity contribution in [2.24, 2.45) is 0 Å². The van der Waals surface area contributed by atoms with Gasteiger partial charge in [-0.3, -0.25) is 29.4 Å². The fourth-order valence-corrected chi connectivity index (χ4v) is 3.00. The zero-order valence-electron chi connectivity index (χ0n) is 13.5. The summed E-state index contributed by atoms with van der Waals surface area (Å²) in [6.07, 6.45) is 0. The Kier molecular flexibility index (Phi) is 4.56. The Labute approximate surface area is 156 Å². The van der Waals surface area contributed by atoms with Crippen molar-refractivity contribution in [1.29, 1.82) is 0 Å². The van der Waals surface area contributed by atoms with Crippen molar-refractivity contribution in [2.75, 3.05) is 11.9 Å². The van der Waals surface area contributed by atoms with Crippen molar-refractivity contribution in [2.45, 2.75) is 6.92 Å². The van der Waals surface area contributed by atoms with Crippen molar-refractivity contribution in [1.82, 2.24) is 4.90 Å². The maximum absolute atomic E-state index is 12.4. The van der Waals surface area contributed by atoms with E-state index in [9.17, 15) is 24.5 Å². The van der Waals surface area contributed by atoms with Gasteiger partial charge in [-0.25, -0.2) is 0 Å². The number of nitrogens with one attached hydrogen (secondary N) is 1. The summed E-state index contributed by atoms with van der Waals surface area (Å²) >= 11 is 3.35. The maximum Gasteiger partial charge on any atom is 0.282 e. The van der Waals surface area contributed by atoms with E-state index in [-0.39, 0.29) is 11.1 Å². The molecule has 2 aromatic carbocycles. The number of nitro benzene ring substituents is 1. The van der Waals surface area contributed by atoms with Gasteiger partial charge in [0.1, 0.15) is 12.1 Å². The molecule has 1 aliphatic rings. The molecule has 0 unspecified atom stereocenters. The number of amides is 3. The van der Waals surface area contributed by atoms with E-state index in [4.69, 9.17) is 0 Å². The number of anilines is 1. The Balaban J connectivity index is 1.80. The molecule has 132 valence electrons. The first-order chi connectivity index (χ1) is 12.3. The topological polar surface area (TPSA) is 110 Å². The highest BCUT2D eigenvalue weighted by atomic mass is 79.9. The van der Waals surface area contributed by atoms with Gasteiger partial charge in [-0.1, -0.05) is 28.1 Å². The Bertz CT molecular complexity index is 973. The van der Waals surface area contributed by atoms with E-state index in [1.165, 1.54) is 12.1 Å². The molecule has 8 nitrogen and oxygen atoms in total. The van der Waals surface area contributed by atoms with Crippen molar-refractivity contribution >= 4 is 45.0 Å². The smallest absolute Gasteiger partial charge is 0.282 e. The zero-order valence-corrected chi connectivity index (χ0v) is 15.1. The summed E-state index contributed by atoms with van der Waals surface area (Å²) < 4.78 is 0.798.